The topological polar surface area (TPSA) is 47.8 Å². The predicted octanol–water partition coefficient (Wildman–Crippen LogP) is 1.99. The van der Waals surface area contributed by atoms with Crippen molar-refractivity contribution in [3.05, 3.63) is 56.9 Å². The van der Waals surface area contributed by atoms with Gasteiger partial charge in [0.2, 0.25) is 0 Å². The van der Waals surface area contributed by atoms with Crippen LogP contribution in [0.5, 0.6) is 0 Å². The summed E-state index contributed by atoms with van der Waals surface area (Å²) in [6.07, 6.45) is 4.59. The smallest absolute Gasteiger partial charge is 0.274 e. The van der Waals surface area contributed by atoms with Crippen molar-refractivity contribution in [2.75, 3.05) is 0 Å². The Morgan fingerprint density at radius 3 is 2.88 bits per heavy atom. The van der Waals surface area contributed by atoms with Crippen LogP contribution in [0.2, 0.25) is 10.2 Å². The number of halogens is 2. The summed E-state index contributed by atoms with van der Waals surface area (Å²) in [7, 11) is 0. The van der Waals surface area contributed by atoms with Gasteiger partial charge >= 0.3 is 0 Å². The molecule has 0 fully saturated rings. The molecule has 82 valence electrons. The Morgan fingerprint density at radius 1 is 1.38 bits per heavy atom. The van der Waals surface area contributed by atoms with Crippen LogP contribution in [-0.2, 0) is 6.54 Å². The van der Waals surface area contributed by atoms with Crippen LogP contribution < -0.4 is 5.56 Å². The molecule has 2 rings (SSSR count). The molecule has 0 spiro atoms. The Balaban J connectivity index is 2.34. The van der Waals surface area contributed by atoms with E-state index in [-0.39, 0.29) is 5.56 Å². The van der Waals surface area contributed by atoms with Crippen LogP contribution >= 0.6 is 23.2 Å². The average molecular weight is 256 g/mol. The number of pyridine rings is 1. The number of hydrogen-bond donors (Lipinski definition) is 0. The van der Waals surface area contributed by atoms with E-state index in [2.05, 4.69) is 9.97 Å². The molecule has 0 aliphatic carbocycles. The van der Waals surface area contributed by atoms with Crippen LogP contribution in [0.1, 0.15) is 5.56 Å². The molecule has 0 bridgehead atoms. The van der Waals surface area contributed by atoms with Crippen LogP contribution in [0.25, 0.3) is 0 Å². The van der Waals surface area contributed by atoms with Crippen molar-refractivity contribution in [1.82, 2.24) is 14.5 Å². The summed E-state index contributed by atoms with van der Waals surface area (Å²) in [5.41, 5.74) is 0.506. The van der Waals surface area contributed by atoms with Gasteiger partial charge in [0.05, 0.1) is 11.6 Å². The quantitative estimate of drug-likeness (QED) is 0.772. The molecule has 0 radical (unpaired) electrons. The van der Waals surface area contributed by atoms with Gasteiger partial charge in [-0.3, -0.25) is 9.78 Å². The molecule has 2 aromatic heterocycles. The monoisotopic (exact) mass is 255 g/mol. The number of nitrogens with zero attached hydrogens (tertiary/aromatic N) is 3. The Morgan fingerprint density at radius 2 is 2.19 bits per heavy atom. The molecule has 2 heterocycles. The summed E-state index contributed by atoms with van der Waals surface area (Å²) in [6.45, 7) is 0.452. The normalized spacial score (nSPS) is 10.4. The lowest BCUT2D eigenvalue weighted by Crippen LogP contribution is -2.11. The van der Waals surface area contributed by atoms with Crippen LogP contribution in [0, 0.1) is 0 Å². The Labute approximate surface area is 101 Å². The molecule has 0 unspecified atom stereocenters. The summed E-state index contributed by atoms with van der Waals surface area (Å²) >= 11 is 11.9. The standard InChI is InChI=1S/C10H7Cl2N3O/c11-8-4-13-2-1-7(8)5-15-6-14-10(16)3-9(15)12/h1-4,6H,5H2. The van der Waals surface area contributed by atoms with Gasteiger partial charge in [-0.25, -0.2) is 0 Å². The third-order valence-electron chi connectivity index (χ3n) is 2.04. The first-order chi connectivity index (χ1) is 7.66. The van der Waals surface area contributed by atoms with Crippen molar-refractivity contribution in [1.29, 1.82) is 0 Å². The van der Waals surface area contributed by atoms with Crippen LogP contribution in [-0.4, -0.2) is 14.5 Å². The van der Waals surface area contributed by atoms with E-state index in [0.29, 0.717) is 16.7 Å². The maximum absolute atomic E-state index is 10.9. The first-order valence-corrected chi connectivity index (χ1v) is 5.23. The molecule has 0 aliphatic rings. The molecule has 0 atom stereocenters. The fraction of sp³-hybridized carbons (Fsp3) is 0.100. The first kappa shape index (κ1) is 11.1. The van der Waals surface area contributed by atoms with Crippen molar-refractivity contribution in [3.8, 4) is 0 Å². The molecular formula is C10H7Cl2N3O. The van der Waals surface area contributed by atoms with Crippen molar-refractivity contribution >= 4 is 23.2 Å². The molecule has 0 amide bonds. The first-order valence-electron chi connectivity index (χ1n) is 4.47. The summed E-state index contributed by atoms with van der Waals surface area (Å²) in [5, 5.41) is 0.880. The summed E-state index contributed by atoms with van der Waals surface area (Å²) in [5.74, 6) is 0. The van der Waals surface area contributed by atoms with Gasteiger partial charge in [0.25, 0.3) is 5.56 Å². The second-order valence-electron chi connectivity index (χ2n) is 3.14. The third-order valence-corrected chi connectivity index (χ3v) is 2.70. The lowest BCUT2D eigenvalue weighted by atomic mass is 10.2. The van der Waals surface area contributed by atoms with Gasteiger partial charge in [-0.1, -0.05) is 23.2 Å². The highest BCUT2D eigenvalue weighted by atomic mass is 35.5. The summed E-state index contributed by atoms with van der Waals surface area (Å²) < 4.78 is 1.63. The van der Waals surface area contributed by atoms with E-state index < -0.39 is 0 Å². The van der Waals surface area contributed by atoms with E-state index >= 15 is 0 Å². The van der Waals surface area contributed by atoms with Crippen molar-refractivity contribution < 1.29 is 0 Å². The van der Waals surface area contributed by atoms with E-state index in [1.54, 1.807) is 23.0 Å². The minimum atomic E-state index is -0.359. The summed E-state index contributed by atoms with van der Waals surface area (Å²) in [6, 6.07) is 3.05. The molecule has 0 aliphatic heterocycles. The zero-order chi connectivity index (χ0) is 11.5. The Kier molecular flexibility index (Phi) is 3.22. The van der Waals surface area contributed by atoms with E-state index in [1.807, 2.05) is 0 Å². The fourth-order valence-electron chi connectivity index (χ4n) is 1.24. The number of rotatable bonds is 2. The molecule has 0 N–H and O–H groups in total. The maximum Gasteiger partial charge on any atom is 0.274 e. The van der Waals surface area contributed by atoms with E-state index in [4.69, 9.17) is 23.2 Å². The van der Waals surface area contributed by atoms with Crippen LogP contribution in [0.15, 0.2) is 35.6 Å². The molecule has 6 heteroatoms. The van der Waals surface area contributed by atoms with Crippen LogP contribution in [0.3, 0.4) is 0 Å². The van der Waals surface area contributed by atoms with Gasteiger partial charge in [-0.15, -0.1) is 0 Å². The van der Waals surface area contributed by atoms with E-state index in [1.165, 1.54) is 12.4 Å². The molecule has 0 saturated heterocycles. The summed E-state index contributed by atoms with van der Waals surface area (Å²) in [4.78, 5) is 18.4. The zero-order valence-electron chi connectivity index (χ0n) is 8.10. The fourth-order valence-corrected chi connectivity index (χ4v) is 1.61. The molecule has 2 aromatic rings. The van der Waals surface area contributed by atoms with Gasteiger partial charge in [0.15, 0.2) is 0 Å². The van der Waals surface area contributed by atoms with Crippen LogP contribution in [0.4, 0.5) is 0 Å². The van der Waals surface area contributed by atoms with Crippen molar-refractivity contribution in [2.24, 2.45) is 0 Å². The molecule has 0 aromatic carbocycles. The van der Waals surface area contributed by atoms with Gasteiger partial charge < -0.3 is 4.57 Å². The lowest BCUT2D eigenvalue weighted by Gasteiger charge is -2.08. The minimum Gasteiger partial charge on any atom is -0.318 e. The SMILES string of the molecule is O=c1cc(Cl)n(Cc2ccncc2Cl)cn1. The maximum atomic E-state index is 10.9. The molecule has 16 heavy (non-hydrogen) atoms. The average Bonchev–Trinajstić information content (AvgIpc) is 2.25. The third kappa shape index (κ3) is 2.40. The highest BCUT2D eigenvalue weighted by molar-refractivity contribution is 6.31. The highest BCUT2D eigenvalue weighted by Gasteiger charge is 2.03. The Bertz CT molecular complexity index is 568. The van der Waals surface area contributed by atoms with Crippen molar-refractivity contribution in [2.45, 2.75) is 6.54 Å². The second-order valence-corrected chi connectivity index (χ2v) is 3.94. The molecule has 0 saturated carbocycles. The zero-order valence-corrected chi connectivity index (χ0v) is 9.61. The largest absolute Gasteiger partial charge is 0.318 e. The van der Waals surface area contributed by atoms with Gasteiger partial charge in [0.1, 0.15) is 11.5 Å². The van der Waals surface area contributed by atoms with Gasteiger partial charge in [-0.05, 0) is 11.6 Å². The Hall–Kier alpha value is -1.39. The number of hydrogen-bond acceptors (Lipinski definition) is 3. The van der Waals surface area contributed by atoms with E-state index in [9.17, 15) is 4.79 Å². The minimum absolute atomic E-state index is 0.327. The lowest BCUT2D eigenvalue weighted by molar-refractivity contribution is 0.760. The highest BCUT2D eigenvalue weighted by Crippen LogP contribution is 2.16. The molecule has 4 nitrogen and oxygen atoms in total. The van der Waals surface area contributed by atoms with Crippen molar-refractivity contribution in [3.63, 3.8) is 0 Å². The number of aromatic nitrogens is 3. The predicted molar refractivity (Wildman–Crippen MR) is 61.9 cm³/mol. The van der Waals surface area contributed by atoms with Gasteiger partial charge in [0, 0.05) is 18.5 Å². The van der Waals surface area contributed by atoms with Gasteiger partial charge in [-0.2, -0.15) is 4.98 Å². The molecular weight excluding hydrogens is 249 g/mol. The van der Waals surface area contributed by atoms with E-state index in [0.717, 1.165) is 5.56 Å². The second kappa shape index (κ2) is 4.63.